The number of amides is 2. The average Bonchev–Trinajstić information content (AvgIpc) is 3.17. The van der Waals surface area contributed by atoms with Gasteiger partial charge in [-0.25, -0.2) is 4.98 Å². The number of pyridine rings is 1. The van der Waals surface area contributed by atoms with Crippen molar-refractivity contribution in [3.8, 4) is 0 Å². The number of carbonyl (C=O) groups is 2. The second kappa shape index (κ2) is 6.58. The van der Waals surface area contributed by atoms with Crippen LogP contribution in [-0.2, 0) is 4.79 Å². The number of imidazole rings is 1. The van der Waals surface area contributed by atoms with Gasteiger partial charge in [-0.3, -0.25) is 9.59 Å². The zero-order valence-corrected chi connectivity index (χ0v) is 14.0. The lowest BCUT2D eigenvalue weighted by atomic mass is 10.2. The van der Waals surface area contributed by atoms with Gasteiger partial charge in [0.1, 0.15) is 23.9 Å². The number of aryl methyl sites for hydroxylation is 1. The SMILES string of the molecule is Cc1ccn2cc(C(=O)N3CSCC3C(=O)NCC(F)(F)F)nc2c1. The number of alkyl halides is 3. The second-order valence-corrected chi connectivity index (χ2v) is 6.72. The molecule has 1 fully saturated rings. The molecule has 0 aromatic carbocycles. The molecule has 1 aliphatic rings. The summed E-state index contributed by atoms with van der Waals surface area (Å²) < 4.78 is 38.5. The molecule has 1 N–H and O–H groups in total. The van der Waals surface area contributed by atoms with Crippen molar-refractivity contribution in [3.63, 3.8) is 0 Å². The largest absolute Gasteiger partial charge is 0.405 e. The van der Waals surface area contributed by atoms with Gasteiger partial charge in [-0.05, 0) is 24.6 Å². The van der Waals surface area contributed by atoms with Crippen molar-refractivity contribution in [2.24, 2.45) is 0 Å². The molecule has 3 heterocycles. The normalized spacial score (nSPS) is 17.9. The van der Waals surface area contributed by atoms with Gasteiger partial charge in [-0.2, -0.15) is 13.2 Å². The number of carbonyl (C=O) groups excluding carboxylic acids is 2. The van der Waals surface area contributed by atoms with Crippen LogP contribution in [0.4, 0.5) is 13.2 Å². The predicted molar refractivity (Wildman–Crippen MR) is 86.3 cm³/mol. The minimum Gasteiger partial charge on any atom is -0.345 e. The lowest BCUT2D eigenvalue weighted by molar-refractivity contribution is -0.140. The third-order valence-corrected chi connectivity index (χ3v) is 4.76. The van der Waals surface area contributed by atoms with E-state index in [-0.39, 0.29) is 17.3 Å². The highest BCUT2D eigenvalue weighted by Gasteiger charge is 2.37. The van der Waals surface area contributed by atoms with Crippen LogP contribution in [0.3, 0.4) is 0 Å². The molecule has 134 valence electrons. The maximum absolute atomic E-state index is 12.7. The number of hydrogen-bond donors (Lipinski definition) is 1. The maximum Gasteiger partial charge on any atom is 0.405 e. The lowest BCUT2D eigenvalue weighted by Crippen LogP contribution is -2.49. The standard InChI is InChI=1S/C15H15F3N4O2S/c1-9-2-3-21-5-10(20-12(21)4-9)14(24)22-8-25-6-11(22)13(23)19-7-15(16,17)18/h2-5,11H,6-8H2,1H3,(H,19,23). The van der Waals surface area contributed by atoms with Crippen molar-refractivity contribution in [1.29, 1.82) is 0 Å². The number of aromatic nitrogens is 2. The Balaban J connectivity index is 1.76. The third kappa shape index (κ3) is 3.89. The Bertz CT molecular complexity index is 821. The molecular weight excluding hydrogens is 357 g/mol. The van der Waals surface area contributed by atoms with E-state index in [1.165, 1.54) is 16.7 Å². The molecule has 0 saturated carbocycles. The van der Waals surface area contributed by atoms with Gasteiger partial charge in [0.15, 0.2) is 0 Å². The number of halogens is 3. The smallest absolute Gasteiger partial charge is 0.345 e. The average molecular weight is 372 g/mol. The summed E-state index contributed by atoms with van der Waals surface area (Å²) in [6.45, 7) is 0.483. The van der Waals surface area contributed by atoms with Crippen molar-refractivity contribution in [2.75, 3.05) is 18.2 Å². The Labute approximate surface area is 145 Å². The molecule has 1 aliphatic heterocycles. The molecule has 10 heteroatoms. The molecule has 1 atom stereocenters. The molecule has 0 radical (unpaired) electrons. The second-order valence-electron chi connectivity index (χ2n) is 5.72. The number of rotatable bonds is 3. The van der Waals surface area contributed by atoms with Crippen molar-refractivity contribution in [2.45, 2.75) is 19.1 Å². The highest BCUT2D eigenvalue weighted by atomic mass is 32.2. The van der Waals surface area contributed by atoms with Crippen molar-refractivity contribution >= 4 is 29.2 Å². The van der Waals surface area contributed by atoms with E-state index in [1.807, 2.05) is 24.4 Å². The van der Waals surface area contributed by atoms with Crippen LogP contribution in [-0.4, -0.2) is 56.5 Å². The summed E-state index contributed by atoms with van der Waals surface area (Å²) in [4.78, 5) is 30.2. The van der Waals surface area contributed by atoms with Crippen LogP contribution in [0.15, 0.2) is 24.5 Å². The summed E-state index contributed by atoms with van der Waals surface area (Å²) in [7, 11) is 0. The molecule has 0 bridgehead atoms. The fourth-order valence-corrected chi connectivity index (χ4v) is 3.65. The minimum atomic E-state index is -4.49. The molecule has 3 rings (SSSR count). The molecule has 2 aromatic heterocycles. The maximum atomic E-state index is 12.7. The summed E-state index contributed by atoms with van der Waals surface area (Å²) in [5.41, 5.74) is 1.73. The van der Waals surface area contributed by atoms with Crippen LogP contribution >= 0.6 is 11.8 Å². The van der Waals surface area contributed by atoms with E-state index in [0.717, 1.165) is 5.56 Å². The Morgan fingerprint density at radius 1 is 1.44 bits per heavy atom. The molecular formula is C15H15F3N4O2S. The van der Waals surface area contributed by atoms with Crippen LogP contribution in [0, 0.1) is 6.92 Å². The molecule has 1 unspecified atom stereocenters. The van der Waals surface area contributed by atoms with Crippen LogP contribution in [0.5, 0.6) is 0 Å². The van der Waals surface area contributed by atoms with E-state index in [9.17, 15) is 22.8 Å². The van der Waals surface area contributed by atoms with E-state index in [4.69, 9.17) is 0 Å². The molecule has 0 spiro atoms. The van der Waals surface area contributed by atoms with Crippen LogP contribution in [0.25, 0.3) is 5.65 Å². The van der Waals surface area contributed by atoms with Crippen molar-refractivity contribution < 1.29 is 22.8 Å². The first kappa shape index (κ1) is 17.6. The minimum absolute atomic E-state index is 0.154. The highest BCUT2D eigenvalue weighted by molar-refractivity contribution is 7.99. The Morgan fingerprint density at radius 3 is 2.92 bits per heavy atom. The molecule has 2 amide bonds. The summed E-state index contributed by atoms with van der Waals surface area (Å²) in [6.07, 6.45) is -1.18. The Morgan fingerprint density at radius 2 is 2.20 bits per heavy atom. The topological polar surface area (TPSA) is 66.7 Å². The van der Waals surface area contributed by atoms with E-state index in [2.05, 4.69) is 4.98 Å². The predicted octanol–water partition coefficient (Wildman–Crippen LogP) is 1.84. The first-order valence-electron chi connectivity index (χ1n) is 7.43. The number of fused-ring (bicyclic) bond motifs is 1. The first-order chi connectivity index (χ1) is 11.7. The molecule has 25 heavy (non-hydrogen) atoms. The molecule has 6 nitrogen and oxygen atoms in total. The van der Waals surface area contributed by atoms with E-state index in [0.29, 0.717) is 5.65 Å². The van der Waals surface area contributed by atoms with Crippen LogP contribution < -0.4 is 5.32 Å². The number of hydrogen-bond acceptors (Lipinski definition) is 4. The van der Waals surface area contributed by atoms with Crippen LogP contribution in [0.1, 0.15) is 16.1 Å². The van der Waals surface area contributed by atoms with Gasteiger partial charge in [0.2, 0.25) is 5.91 Å². The number of nitrogens with one attached hydrogen (secondary N) is 1. The van der Waals surface area contributed by atoms with E-state index in [1.54, 1.807) is 16.8 Å². The Hall–Kier alpha value is -2.23. The summed E-state index contributed by atoms with van der Waals surface area (Å²) in [5.74, 6) is -0.800. The summed E-state index contributed by atoms with van der Waals surface area (Å²) >= 11 is 1.31. The fourth-order valence-electron chi connectivity index (χ4n) is 2.50. The van der Waals surface area contributed by atoms with Gasteiger partial charge in [-0.15, -0.1) is 11.8 Å². The van der Waals surface area contributed by atoms with Gasteiger partial charge >= 0.3 is 6.18 Å². The Kier molecular flexibility index (Phi) is 4.63. The monoisotopic (exact) mass is 372 g/mol. The molecule has 0 aliphatic carbocycles. The number of nitrogens with zero attached hydrogens (tertiary/aromatic N) is 3. The lowest BCUT2D eigenvalue weighted by Gasteiger charge is -2.22. The fraction of sp³-hybridized carbons (Fsp3) is 0.400. The van der Waals surface area contributed by atoms with Gasteiger partial charge in [0.05, 0.1) is 5.88 Å². The van der Waals surface area contributed by atoms with Crippen molar-refractivity contribution in [3.05, 3.63) is 35.8 Å². The third-order valence-electron chi connectivity index (χ3n) is 3.74. The van der Waals surface area contributed by atoms with E-state index >= 15 is 0 Å². The number of thioether (sulfide) groups is 1. The highest BCUT2D eigenvalue weighted by Crippen LogP contribution is 2.24. The van der Waals surface area contributed by atoms with Gasteiger partial charge in [0, 0.05) is 18.1 Å². The molecule has 1 saturated heterocycles. The van der Waals surface area contributed by atoms with Gasteiger partial charge in [-0.1, -0.05) is 0 Å². The zero-order chi connectivity index (χ0) is 18.2. The zero-order valence-electron chi connectivity index (χ0n) is 13.2. The van der Waals surface area contributed by atoms with Crippen molar-refractivity contribution in [1.82, 2.24) is 19.6 Å². The van der Waals surface area contributed by atoms with Gasteiger partial charge < -0.3 is 14.6 Å². The summed E-state index contributed by atoms with van der Waals surface area (Å²) in [5, 5.41) is 1.84. The van der Waals surface area contributed by atoms with Crippen LogP contribution in [0.2, 0.25) is 0 Å². The molecule has 2 aromatic rings. The van der Waals surface area contributed by atoms with E-state index < -0.39 is 30.6 Å². The quantitative estimate of drug-likeness (QED) is 0.893. The van der Waals surface area contributed by atoms with Gasteiger partial charge in [0.25, 0.3) is 5.91 Å². The summed E-state index contributed by atoms with van der Waals surface area (Å²) in [6, 6.07) is 2.73. The first-order valence-corrected chi connectivity index (χ1v) is 8.58.